The van der Waals surface area contributed by atoms with Crippen LogP contribution in [0.15, 0.2) is 41.8 Å². The Labute approximate surface area is 154 Å². The van der Waals surface area contributed by atoms with Crippen molar-refractivity contribution in [2.45, 2.75) is 6.42 Å². The molecule has 1 aromatic heterocycles. The molecular formula is C17H15Cl2NO3S. The number of rotatable bonds is 7. The fourth-order valence-corrected chi connectivity index (χ4v) is 2.81. The van der Waals surface area contributed by atoms with Crippen molar-refractivity contribution in [1.29, 1.82) is 0 Å². The van der Waals surface area contributed by atoms with E-state index in [2.05, 4.69) is 5.32 Å². The maximum Gasteiger partial charge on any atom is 0.331 e. The summed E-state index contributed by atoms with van der Waals surface area (Å²) < 4.78 is 4.87. The highest BCUT2D eigenvalue weighted by Crippen LogP contribution is 2.23. The zero-order chi connectivity index (χ0) is 17.4. The molecule has 0 radical (unpaired) electrons. The molecule has 7 heteroatoms. The van der Waals surface area contributed by atoms with Gasteiger partial charge < -0.3 is 10.1 Å². The molecule has 0 unspecified atom stereocenters. The second-order valence-corrected chi connectivity index (χ2v) is 6.64. The molecule has 0 fully saturated rings. The van der Waals surface area contributed by atoms with E-state index < -0.39 is 5.97 Å². The quantitative estimate of drug-likeness (QED) is 0.581. The average molecular weight is 384 g/mol. The summed E-state index contributed by atoms with van der Waals surface area (Å²) in [6.07, 6.45) is 3.53. The monoisotopic (exact) mass is 383 g/mol. The van der Waals surface area contributed by atoms with E-state index in [1.165, 1.54) is 11.0 Å². The van der Waals surface area contributed by atoms with Gasteiger partial charge >= 0.3 is 5.97 Å². The van der Waals surface area contributed by atoms with Crippen molar-refractivity contribution in [3.63, 3.8) is 0 Å². The number of hydrogen-bond donors (Lipinski definition) is 1. The summed E-state index contributed by atoms with van der Waals surface area (Å²) in [4.78, 5) is 24.4. The summed E-state index contributed by atoms with van der Waals surface area (Å²) in [5.41, 5.74) is 0.710. The Hall–Kier alpha value is -1.82. The van der Waals surface area contributed by atoms with E-state index in [1.54, 1.807) is 35.6 Å². The van der Waals surface area contributed by atoms with Gasteiger partial charge in [-0.25, -0.2) is 4.79 Å². The van der Waals surface area contributed by atoms with E-state index in [-0.39, 0.29) is 12.5 Å². The fraction of sp³-hybridized carbons (Fsp3) is 0.176. The largest absolute Gasteiger partial charge is 0.452 e. The van der Waals surface area contributed by atoms with Gasteiger partial charge in [-0.15, -0.1) is 11.3 Å². The highest BCUT2D eigenvalue weighted by atomic mass is 35.5. The Morgan fingerprint density at radius 2 is 2.04 bits per heavy atom. The first-order valence-electron chi connectivity index (χ1n) is 7.13. The number of amides is 1. The standard InChI is InChI=1S/C17H15Cl2NO3S/c18-14-5-3-12(10-15(14)19)4-6-17(22)23-11-16(21)20-8-7-13-2-1-9-24-13/h1-6,9-10H,7-8,11H2,(H,20,21)/b6-4+. The lowest BCUT2D eigenvalue weighted by Crippen LogP contribution is -2.30. The predicted octanol–water partition coefficient (Wildman–Crippen LogP) is 3.97. The lowest BCUT2D eigenvalue weighted by atomic mass is 10.2. The molecule has 0 spiro atoms. The third kappa shape index (κ3) is 6.35. The molecule has 1 aromatic carbocycles. The summed E-state index contributed by atoms with van der Waals surface area (Å²) in [6.45, 7) is 0.199. The Bertz CT molecular complexity index is 729. The molecule has 2 rings (SSSR count). The Balaban J connectivity index is 1.69. The Kier molecular flexibility index (Phi) is 7.31. The van der Waals surface area contributed by atoms with Gasteiger partial charge in [0.2, 0.25) is 0 Å². The van der Waals surface area contributed by atoms with E-state index in [9.17, 15) is 9.59 Å². The van der Waals surface area contributed by atoms with Crippen LogP contribution in [-0.4, -0.2) is 25.0 Å². The minimum atomic E-state index is -0.602. The van der Waals surface area contributed by atoms with Gasteiger partial charge in [-0.05, 0) is 41.6 Å². The van der Waals surface area contributed by atoms with Crippen LogP contribution < -0.4 is 5.32 Å². The van der Waals surface area contributed by atoms with Crippen molar-refractivity contribution in [1.82, 2.24) is 5.32 Å². The molecule has 1 heterocycles. The van der Waals surface area contributed by atoms with Crippen molar-refractivity contribution < 1.29 is 14.3 Å². The zero-order valence-electron chi connectivity index (χ0n) is 12.6. The van der Waals surface area contributed by atoms with E-state index in [1.807, 2.05) is 17.5 Å². The summed E-state index contributed by atoms with van der Waals surface area (Å²) in [7, 11) is 0. The maximum absolute atomic E-state index is 11.6. The second-order valence-electron chi connectivity index (χ2n) is 4.79. The van der Waals surface area contributed by atoms with Gasteiger partial charge in [0.1, 0.15) is 0 Å². The maximum atomic E-state index is 11.6. The van der Waals surface area contributed by atoms with Crippen molar-refractivity contribution in [3.8, 4) is 0 Å². The van der Waals surface area contributed by atoms with Crippen LogP contribution in [0.2, 0.25) is 10.0 Å². The number of ether oxygens (including phenoxy) is 1. The molecule has 0 aliphatic rings. The summed E-state index contributed by atoms with van der Waals surface area (Å²) in [6, 6.07) is 8.95. The molecule has 0 bridgehead atoms. The van der Waals surface area contributed by atoms with Crippen LogP contribution in [0.25, 0.3) is 6.08 Å². The van der Waals surface area contributed by atoms with Gasteiger partial charge in [0, 0.05) is 17.5 Å². The molecule has 4 nitrogen and oxygen atoms in total. The number of nitrogens with one attached hydrogen (secondary N) is 1. The normalized spacial score (nSPS) is 10.8. The SMILES string of the molecule is O=C(COC(=O)/C=C/c1ccc(Cl)c(Cl)c1)NCCc1cccs1. The average Bonchev–Trinajstić information content (AvgIpc) is 3.07. The van der Waals surface area contributed by atoms with E-state index in [0.717, 1.165) is 6.42 Å². The molecular weight excluding hydrogens is 369 g/mol. The highest BCUT2D eigenvalue weighted by molar-refractivity contribution is 7.09. The van der Waals surface area contributed by atoms with Crippen LogP contribution in [-0.2, 0) is 20.7 Å². The third-order valence-corrected chi connectivity index (χ3v) is 4.65. The summed E-state index contributed by atoms with van der Waals surface area (Å²) in [5.74, 6) is -0.933. The molecule has 0 saturated carbocycles. The van der Waals surface area contributed by atoms with Crippen LogP contribution in [0.4, 0.5) is 0 Å². The molecule has 0 aliphatic heterocycles. The molecule has 0 atom stereocenters. The van der Waals surface area contributed by atoms with Crippen LogP contribution in [0.3, 0.4) is 0 Å². The minimum absolute atomic E-state index is 0.311. The van der Waals surface area contributed by atoms with Crippen molar-refractivity contribution in [2.24, 2.45) is 0 Å². The molecule has 126 valence electrons. The smallest absolute Gasteiger partial charge is 0.331 e. The lowest BCUT2D eigenvalue weighted by Gasteiger charge is -2.04. The summed E-state index contributed by atoms with van der Waals surface area (Å²) >= 11 is 13.3. The lowest BCUT2D eigenvalue weighted by molar-refractivity contribution is -0.143. The Morgan fingerprint density at radius 1 is 1.21 bits per heavy atom. The second kappa shape index (κ2) is 9.47. The molecule has 24 heavy (non-hydrogen) atoms. The van der Waals surface area contributed by atoms with Crippen LogP contribution in [0, 0.1) is 0 Å². The van der Waals surface area contributed by atoms with Crippen molar-refractivity contribution in [3.05, 3.63) is 62.3 Å². The molecule has 0 saturated heterocycles. The molecule has 1 amide bonds. The number of hydrogen-bond acceptors (Lipinski definition) is 4. The summed E-state index contributed by atoms with van der Waals surface area (Å²) in [5, 5.41) is 5.52. The number of benzene rings is 1. The van der Waals surface area contributed by atoms with Gasteiger partial charge in [0.05, 0.1) is 10.0 Å². The minimum Gasteiger partial charge on any atom is -0.452 e. The van der Waals surface area contributed by atoms with Crippen LogP contribution in [0.1, 0.15) is 10.4 Å². The van der Waals surface area contributed by atoms with Crippen molar-refractivity contribution >= 4 is 52.5 Å². The number of carbonyl (C=O) groups is 2. The third-order valence-electron chi connectivity index (χ3n) is 2.97. The van der Waals surface area contributed by atoms with E-state index in [0.29, 0.717) is 22.2 Å². The molecule has 2 aromatic rings. The van der Waals surface area contributed by atoms with Crippen LogP contribution in [0.5, 0.6) is 0 Å². The van der Waals surface area contributed by atoms with Gasteiger partial charge in [-0.1, -0.05) is 35.3 Å². The van der Waals surface area contributed by atoms with Gasteiger partial charge in [0.25, 0.3) is 5.91 Å². The van der Waals surface area contributed by atoms with Gasteiger partial charge in [-0.2, -0.15) is 0 Å². The van der Waals surface area contributed by atoms with E-state index in [4.69, 9.17) is 27.9 Å². The van der Waals surface area contributed by atoms with Crippen molar-refractivity contribution in [2.75, 3.05) is 13.2 Å². The zero-order valence-corrected chi connectivity index (χ0v) is 15.0. The molecule has 1 N–H and O–H groups in total. The number of esters is 1. The Morgan fingerprint density at radius 3 is 2.75 bits per heavy atom. The number of halogens is 2. The van der Waals surface area contributed by atoms with Crippen LogP contribution >= 0.6 is 34.5 Å². The first kappa shape index (κ1) is 18.5. The topological polar surface area (TPSA) is 55.4 Å². The first-order valence-corrected chi connectivity index (χ1v) is 8.77. The van der Waals surface area contributed by atoms with E-state index >= 15 is 0 Å². The number of carbonyl (C=O) groups excluding carboxylic acids is 2. The molecule has 0 aliphatic carbocycles. The fourth-order valence-electron chi connectivity index (χ4n) is 1.80. The highest BCUT2D eigenvalue weighted by Gasteiger charge is 2.05. The number of thiophene rings is 1. The predicted molar refractivity (Wildman–Crippen MR) is 97.5 cm³/mol. The first-order chi connectivity index (χ1) is 11.5. The van der Waals surface area contributed by atoms with Gasteiger partial charge in [-0.3, -0.25) is 4.79 Å². The van der Waals surface area contributed by atoms with Gasteiger partial charge in [0.15, 0.2) is 6.61 Å².